The molecular weight excluding hydrogens is 354 g/mol. The number of nitrogens with one attached hydrogen (secondary N) is 1. The summed E-state index contributed by atoms with van der Waals surface area (Å²) in [6, 6.07) is 15.0. The van der Waals surface area contributed by atoms with Crippen LogP contribution in [0.1, 0.15) is 47.8 Å². The van der Waals surface area contributed by atoms with Crippen LogP contribution in [-0.4, -0.2) is 34.7 Å². The average Bonchev–Trinajstić information content (AvgIpc) is 3.00. The minimum absolute atomic E-state index is 0.0200. The van der Waals surface area contributed by atoms with Crippen molar-refractivity contribution in [3.8, 4) is 5.75 Å². The van der Waals surface area contributed by atoms with Gasteiger partial charge in [-0.05, 0) is 36.6 Å². The molecule has 28 heavy (non-hydrogen) atoms. The molecule has 1 atom stereocenters. The second kappa shape index (κ2) is 7.84. The number of aromatic amines is 1. The Kier molecular flexibility index (Phi) is 5.10. The molecule has 0 radical (unpaired) electrons. The maximum Gasteiger partial charge on any atom is 0.275 e. The second-order valence-corrected chi connectivity index (χ2v) is 7.08. The topological polar surface area (TPSA) is 75.3 Å². The Balaban J connectivity index is 1.75. The first kappa shape index (κ1) is 18.2. The van der Waals surface area contributed by atoms with E-state index in [0.29, 0.717) is 23.0 Å². The molecule has 1 amide bonds. The maximum absolute atomic E-state index is 13.5. The van der Waals surface area contributed by atoms with Gasteiger partial charge in [-0.15, -0.1) is 0 Å². The van der Waals surface area contributed by atoms with Crippen LogP contribution in [0.15, 0.2) is 53.3 Å². The summed E-state index contributed by atoms with van der Waals surface area (Å²) in [6.45, 7) is 0.671. The van der Waals surface area contributed by atoms with Crippen LogP contribution in [0, 0.1) is 0 Å². The minimum atomic E-state index is -0.283. The van der Waals surface area contributed by atoms with E-state index in [1.165, 1.54) is 0 Å². The summed E-state index contributed by atoms with van der Waals surface area (Å²) in [5.74, 6) is 0.652. The lowest BCUT2D eigenvalue weighted by atomic mass is 10.00. The van der Waals surface area contributed by atoms with Crippen LogP contribution in [0.5, 0.6) is 5.75 Å². The lowest BCUT2D eigenvalue weighted by Crippen LogP contribution is -2.36. The zero-order valence-corrected chi connectivity index (χ0v) is 15.9. The number of rotatable bonds is 3. The van der Waals surface area contributed by atoms with Crippen LogP contribution < -0.4 is 10.3 Å². The van der Waals surface area contributed by atoms with E-state index in [4.69, 9.17) is 4.74 Å². The van der Waals surface area contributed by atoms with E-state index in [0.717, 1.165) is 37.0 Å². The van der Waals surface area contributed by atoms with E-state index in [1.807, 2.05) is 35.2 Å². The van der Waals surface area contributed by atoms with Crippen molar-refractivity contribution in [1.82, 2.24) is 15.1 Å². The van der Waals surface area contributed by atoms with Gasteiger partial charge in [0, 0.05) is 11.9 Å². The van der Waals surface area contributed by atoms with E-state index in [2.05, 4.69) is 10.2 Å². The molecule has 0 spiro atoms. The molecule has 2 heterocycles. The largest absolute Gasteiger partial charge is 0.497 e. The molecule has 0 aliphatic carbocycles. The van der Waals surface area contributed by atoms with E-state index in [1.54, 1.807) is 25.3 Å². The van der Waals surface area contributed by atoms with Crippen molar-refractivity contribution in [2.45, 2.75) is 31.7 Å². The summed E-state index contributed by atoms with van der Waals surface area (Å²) in [7, 11) is 1.64. The Morgan fingerprint density at radius 1 is 1.07 bits per heavy atom. The van der Waals surface area contributed by atoms with Crippen LogP contribution >= 0.6 is 0 Å². The van der Waals surface area contributed by atoms with Crippen molar-refractivity contribution in [2.24, 2.45) is 0 Å². The Labute approximate surface area is 163 Å². The number of benzene rings is 2. The van der Waals surface area contributed by atoms with Gasteiger partial charge in [-0.2, -0.15) is 5.10 Å². The lowest BCUT2D eigenvalue weighted by Gasteiger charge is -2.30. The first-order valence-corrected chi connectivity index (χ1v) is 9.61. The van der Waals surface area contributed by atoms with Crippen LogP contribution in [0.2, 0.25) is 0 Å². The van der Waals surface area contributed by atoms with Gasteiger partial charge in [-0.25, -0.2) is 5.10 Å². The minimum Gasteiger partial charge on any atom is -0.497 e. The van der Waals surface area contributed by atoms with Crippen molar-refractivity contribution < 1.29 is 9.53 Å². The first-order chi connectivity index (χ1) is 13.7. The normalized spacial score (nSPS) is 17.3. The molecule has 1 aliphatic heterocycles. The smallest absolute Gasteiger partial charge is 0.275 e. The Morgan fingerprint density at radius 3 is 2.57 bits per heavy atom. The molecule has 1 N–H and O–H groups in total. The predicted octanol–water partition coefficient (Wildman–Crippen LogP) is 3.69. The summed E-state index contributed by atoms with van der Waals surface area (Å²) < 4.78 is 5.26. The van der Waals surface area contributed by atoms with Crippen molar-refractivity contribution >= 4 is 16.7 Å². The maximum atomic E-state index is 13.5. The first-order valence-electron chi connectivity index (χ1n) is 9.61. The molecule has 1 fully saturated rings. The summed E-state index contributed by atoms with van der Waals surface area (Å²) in [4.78, 5) is 27.5. The summed E-state index contributed by atoms with van der Waals surface area (Å²) in [6.07, 6.45) is 4.02. The number of carbonyl (C=O) groups excluding carboxylic acids is 1. The van der Waals surface area contributed by atoms with Gasteiger partial charge in [-0.3, -0.25) is 9.59 Å². The molecule has 6 nitrogen and oxygen atoms in total. The Morgan fingerprint density at radius 2 is 1.82 bits per heavy atom. The van der Waals surface area contributed by atoms with Crippen LogP contribution in [0.25, 0.3) is 10.8 Å². The van der Waals surface area contributed by atoms with E-state index < -0.39 is 0 Å². The molecular formula is C22H23N3O3. The third kappa shape index (κ3) is 3.38. The van der Waals surface area contributed by atoms with Gasteiger partial charge < -0.3 is 9.64 Å². The molecule has 1 aliphatic rings. The van der Waals surface area contributed by atoms with Gasteiger partial charge >= 0.3 is 0 Å². The number of ether oxygens (including phenoxy) is 1. The van der Waals surface area contributed by atoms with Crippen molar-refractivity contribution in [1.29, 1.82) is 0 Å². The third-order valence-electron chi connectivity index (χ3n) is 5.41. The monoisotopic (exact) mass is 377 g/mol. The number of fused-ring (bicyclic) bond motifs is 1. The number of aromatic nitrogens is 2. The molecule has 1 aromatic heterocycles. The van der Waals surface area contributed by atoms with Gasteiger partial charge in [0.2, 0.25) is 0 Å². The van der Waals surface area contributed by atoms with E-state index in [-0.39, 0.29) is 17.5 Å². The highest BCUT2D eigenvalue weighted by Gasteiger charge is 2.29. The molecule has 2 aromatic carbocycles. The number of likely N-dealkylation sites (tertiary alicyclic amines) is 1. The number of amides is 1. The fraction of sp³-hybridized carbons (Fsp3) is 0.318. The molecule has 4 rings (SSSR count). The standard InChI is InChI=1S/C22H23N3O3/c1-28-16-12-10-15(11-13-16)19-9-3-2-6-14-25(19)22(27)20-17-7-4-5-8-18(17)21(26)24-23-20/h4-5,7-8,10-13,19H,2-3,6,9,14H2,1H3,(H,24,26). The molecule has 1 unspecified atom stereocenters. The third-order valence-corrected chi connectivity index (χ3v) is 5.41. The van der Waals surface area contributed by atoms with Crippen LogP contribution in [-0.2, 0) is 0 Å². The van der Waals surface area contributed by atoms with Crippen LogP contribution in [0.4, 0.5) is 0 Å². The number of methoxy groups -OCH3 is 1. The number of hydrogen-bond acceptors (Lipinski definition) is 4. The van der Waals surface area contributed by atoms with Crippen molar-refractivity contribution in [2.75, 3.05) is 13.7 Å². The van der Waals surface area contributed by atoms with Crippen LogP contribution in [0.3, 0.4) is 0 Å². The predicted molar refractivity (Wildman–Crippen MR) is 108 cm³/mol. The highest BCUT2D eigenvalue weighted by Crippen LogP contribution is 2.32. The summed E-state index contributed by atoms with van der Waals surface area (Å²) in [5, 5.41) is 7.67. The molecule has 0 saturated carbocycles. The highest BCUT2D eigenvalue weighted by molar-refractivity contribution is 6.04. The quantitative estimate of drug-likeness (QED) is 0.755. The van der Waals surface area contributed by atoms with Gasteiger partial charge in [-0.1, -0.05) is 43.2 Å². The van der Waals surface area contributed by atoms with E-state index in [9.17, 15) is 9.59 Å². The zero-order valence-electron chi connectivity index (χ0n) is 15.9. The van der Waals surface area contributed by atoms with Gasteiger partial charge in [0.15, 0.2) is 5.69 Å². The fourth-order valence-corrected chi connectivity index (χ4v) is 3.94. The molecule has 3 aromatic rings. The summed E-state index contributed by atoms with van der Waals surface area (Å²) >= 11 is 0. The van der Waals surface area contributed by atoms with Gasteiger partial charge in [0.05, 0.1) is 18.5 Å². The molecule has 0 bridgehead atoms. The van der Waals surface area contributed by atoms with Crippen molar-refractivity contribution in [3.05, 3.63) is 70.1 Å². The molecule has 6 heteroatoms. The number of nitrogens with zero attached hydrogens (tertiary/aromatic N) is 2. The van der Waals surface area contributed by atoms with Gasteiger partial charge in [0.25, 0.3) is 11.5 Å². The molecule has 144 valence electrons. The fourth-order valence-electron chi connectivity index (χ4n) is 3.94. The SMILES string of the molecule is COc1ccc(C2CCCCCN2C(=O)c2n[nH]c(=O)c3ccccc23)cc1. The number of H-pyrrole nitrogens is 1. The Hall–Kier alpha value is -3.15. The summed E-state index contributed by atoms with van der Waals surface area (Å²) in [5.41, 5.74) is 1.11. The molecule has 1 saturated heterocycles. The lowest BCUT2D eigenvalue weighted by molar-refractivity contribution is 0.0676. The van der Waals surface area contributed by atoms with Gasteiger partial charge in [0.1, 0.15) is 5.75 Å². The second-order valence-electron chi connectivity index (χ2n) is 7.08. The van der Waals surface area contributed by atoms with Crippen molar-refractivity contribution in [3.63, 3.8) is 0 Å². The van der Waals surface area contributed by atoms with E-state index >= 15 is 0 Å². The number of hydrogen-bond donors (Lipinski definition) is 1. The highest BCUT2D eigenvalue weighted by atomic mass is 16.5. The number of carbonyl (C=O) groups is 1. The Bertz CT molecular complexity index is 1040. The zero-order chi connectivity index (χ0) is 19.5. The average molecular weight is 377 g/mol.